The molecule has 1 aromatic heterocycles. The summed E-state index contributed by atoms with van der Waals surface area (Å²) in [4.78, 5) is 0. The number of nitrogens with zero attached hydrogens (tertiary/aromatic N) is 1. The number of para-hydroxylation sites is 1. The third-order valence-electron chi connectivity index (χ3n) is 2.73. The van der Waals surface area contributed by atoms with Crippen molar-refractivity contribution in [2.45, 2.75) is 0 Å². The fourth-order valence-electron chi connectivity index (χ4n) is 1.83. The van der Waals surface area contributed by atoms with Gasteiger partial charge in [-0.15, -0.1) is 0 Å². The van der Waals surface area contributed by atoms with Crippen LogP contribution in [0.15, 0.2) is 54.7 Å². The Bertz CT molecular complexity index is 706. The minimum atomic E-state index is 0.560. The lowest BCUT2D eigenvalue weighted by atomic mass is 10.2. The number of benzene rings is 2. The number of rotatable bonds is 2. The molecular weight excluding hydrogens is 256 g/mol. The van der Waals surface area contributed by atoms with E-state index < -0.39 is 0 Å². The largest absolute Gasteiger partial charge is 0.332 e. The van der Waals surface area contributed by atoms with Gasteiger partial charge in [-0.05, 0) is 42.5 Å². The van der Waals surface area contributed by atoms with Crippen molar-refractivity contribution < 1.29 is 0 Å². The zero-order valence-corrected chi connectivity index (χ0v) is 10.9. The van der Waals surface area contributed by atoms with E-state index in [0.717, 1.165) is 22.3 Å². The van der Waals surface area contributed by atoms with Gasteiger partial charge in [-0.25, -0.2) is 0 Å². The highest BCUT2D eigenvalue weighted by Gasteiger charge is 2.01. The Morgan fingerprint density at radius 3 is 2.63 bits per heavy atom. The summed E-state index contributed by atoms with van der Waals surface area (Å²) in [6, 6.07) is 15.7. The Hall–Kier alpha value is -2.40. The SMILES string of the molecule is S=C(Nc1ccccc1)Nc1ccc2cn[nH]c2c1. The van der Waals surface area contributed by atoms with E-state index in [2.05, 4.69) is 20.8 Å². The summed E-state index contributed by atoms with van der Waals surface area (Å²) in [6.07, 6.45) is 1.79. The molecule has 0 radical (unpaired) electrons. The molecule has 3 rings (SSSR count). The quantitative estimate of drug-likeness (QED) is 0.624. The fraction of sp³-hybridized carbons (Fsp3) is 0. The van der Waals surface area contributed by atoms with Gasteiger partial charge >= 0.3 is 0 Å². The van der Waals surface area contributed by atoms with Crippen LogP contribution in [0.25, 0.3) is 10.9 Å². The molecule has 0 aliphatic rings. The molecule has 19 heavy (non-hydrogen) atoms. The molecule has 5 heteroatoms. The average Bonchev–Trinajstić information content (AvgIpc) is 2.87. The van der Waals surface area contributed by atoms with Crippen molar-refractivity contribution >= 4 is 39.6 Å². The number of fused-ring (bicyclic) bond motifs is 1. The summed E-state index contributed by atoms with van der Waals surface area (Å²) in [5.41, 5.74) is 2.86. The van der Waals surface area contributed by atoms with Crippen molar-refractivity contribution in [3.8, 4) is 0 Å². The fourth-order valence-corrected chi connectivity index (χ4v) is 2.07. The van der Waals surface area contributed by atoms with Gasteiger partial charge in [-0.2, -0.15) is 5.10 Å². The second kappa shape index (κ2) is 5.07. The highest BCUT2D eigenvalue weighted by atomic mass is 32.1. The van der Waals surface area contributed by atoms with Crippen molar-refractivity contribution in [1.82, 2.24) is 10.2 Å². The number of aromatic nitrogens is 2. The normalized spacial score (nSPS) is 10.3. The molecule has 0 aliphatic heterocycles. The first kappa shape index (κ1) is 11.7. The zero-order valence-electron chi connectivity index (χ0n) is 10.1. The van der Waals surface area contributed by atoms with E-state index in [0.29, 0.717) is 5.11 Å². The number of aromatic amines is 1. The molecule has 0 saturated carbocycles. The zero-order chi connectivity index (χ0) is 13.1. The minimum absolute atomic E-state index is 0.560. The maximum atomic E-state index is 5.27. The average molecular weight is 268 g/mol. The van der Waals surface area contributed by atoms with Gasteiger partial charge in [-0.1, -0.05) is 18.2 Å². The van der Waals surface area contributed by atoms with Crippen molar-refractivity contribution in [2.24, 2.45) is 0 Å². The van der Waals surface area contributed by atoms with Crippen molar-refractivity contribution in [1.29, 1.82) is 0 Å². The van der Waals surface area contributed by atoms with Crippen LogP contribution in [0.1, 0.15) is 0 Å². The summed E-state index contributed by atoms with van der Waals surface area (Å²) in [5.74, 6) is 0. The van der Waals surface area contributed by atoms with Crippen LogP contribution in [0.2, 0.25) is 0 Å². The van der Waals surface area contributed by atoms with Crippen LogP contribution in [-0.4, -0.2) is 15.3 Å². The number of nitrogens with one attached hydrogen (secondary N) is 3. The first-order chi connectivity index (χ1) is 9.31. The predicted molar refractivity (Wildman–Crippen MR) is 82.4 cm³/mol. The molecule has 0 aliphatic carbocycles. The van der Waals surface area contributed by atoms with Crippen LogP contribution in [0, 0.1) is 0 Å². The molecule has 0 amide bonds. The van der Waals surface area contributed by atoms with Crippen molar-refractivity contribution in [3.63, 3.8) is 0 Å². The van der Waals surface area contributed by atoms with Crippen LogP contribution < -0.4 is 10.6 Å². The second-order valence-electron chi connectivity index (χ2n) is 4.12. The monoisotopic (exact) mass is 268 g/mol. The Balaban J connectivity index is 1.72. The first-order valence-corrected chi connectivity index (χ1v) is 6.28. The lowest BCUT2D eigenvalue weighted by molar-refractivity contribution is 1.12. The van der Waals surface area contributed by atoms with Gasteiger partial charge in [0.25, 0.3) is 0 Å². The predicted octanol–water partition coefficient (Wildman–Crippen LogP) is 3.37. The van der Waals surface area contributed by atoms with Crippen molar-refractivity contribution in [3.05, 3.63) is 54.7 Å². The van der Waals surface area contributed by atoms with Crippen molar-refractivity contribution in [2.75, 3.05) is 10.6 Å². The lowest BCUT2D eigenvalue weighted by Crippen LogP contribution is -2.18. The van der Waals surface area contributed by atoms with E-state index in [1.807, 2.05) is 48.5 Å². The first-order valence-electron chi connectivity index (χ1n) is 5.87. The molecule has 3 N–H and O–H groups in total. The van der Waals surface area contributed by atoms with Gasteiger partial charge in [0.1, 0.15) is 0 Å². The number of H-pyrrole nitrogens is 1. The third kappa shape index (κ3) is 2.71. The number of hydrogen-bond donors (Lipinski definition) is 3. The van der Waals surface area contributed by atoms with Gasteiger partial charge < -0.3 is 10.6 Å². The highest BCUT2D eigenvalue weighted by molar-refractivity contribution is 7.80. The van der Waals surface area contributed by atoms with Gasteiger partial charge in [-0.3, -0.25) is 5.10 Å². The number of hydrogen-bond acceptors (Lipinski definition) is 2. The summed E-state index contributed by atoms with van der Waals surface area (Å²) in [6.45, 7) is 0. The van der Waals surface area contributed by atoms with Gasteiger partial charge in [0.2, 0.25) is 0 Å². The van der Waals surface area contributed by atoms with E-state index in [4.69, 9.17) is 12.2 Å². The minimum Gasteiger partial charge on any atom is -0.332 e. The lowest BCUT2D eigenvalue weighted by Gasteiger charge is -2.10. The molecule has 94 valence electrons. The molecule has 0 fully saturated rings. The van der Waals surface area contributed by atoms with Gasteiger partial charge in [0.15, 0.2) is 5.11 Å². The summed E-state index contributed by atoms with van der Waals surface area (Å²) >= 11 is 5.27. The maximum absolute atomic E-state index is 5.27. The second-order valence-corrected chi connectivity index (χ2v) is 4.53. The van der Waals surface area contributed by atoms with E-state index in [9.17, 15) is 0 Å². The Labute approximate surface area is 115 Å². The molecule has 0 atom stereocenters. The van der Waals surface area contributed by atoms with E-state index in [1.165, 1.54) is 0 Å². The van der Waals surface area contributed by atoms with Gasteiger partial charge in [0.05, 0.1) is 11.7 Å². The molecule has 0 unspecified atom stereocenters. The molecule has 0 saturated heterocycles. The highest BCUT2D eigenvalue weighted by Crippen LogP contribution is 2.17. The topological polar surface area (TPSA) is 52.7 Å². The van der Waals surface area contributed by atoms with E-state index >= 15 is 0 Å². The maximum Gasteiger partial charge on any atom is 0.175 e. The van der Waals surface area contributed by atoms with Crippen LogP contribution in [0.4, 0.5) is 11.4 Å². The molecular formula is C14H12N4S. The van der Waals surface area contributed by atoms with Crippen LogP contribution in [0.3, 0.4) is 0 Å². The number of thiocarbonyl (C=S) groups is 1. The van der Waals surface area contributed by atoms with E-state index in [1.54, 1.807) is 6.20 Å². The third-order valence-corrected chi connectivity index (χ3v) is 2.94. The van der Waals surface area contributed by atoms with Crippen LogP contribution >= 0.6 is 12.2 Å². The number of anilines is 2. The summed E-state index contributed by atoms with van der Waals surface area (Å²) in [7, 11) is 0. The Kier molecular flexibility index (Phi) is 3.12. The molecule has 2 aromatic carbocycles. The summed E-state index contributed by atoms with van der Waals surface area (Å²) < 4.78 is 0. The van der Waals surface area contributed by atoms with E-state index in [-0.39, 0.29) is 0 Å². The standard InChI is InChI=1S/C14H12N4S/c19-14(16-11-4-2-1-3-5-11)17-12-7-6-10-9-15-18-13(10)8-12/h1-9H,(H,15,18)(H2,16,17,19). The molecule has 0 bridgehead atoms. The Morgan fingerprint density at radius 2 is 1.79 bits per heavy atom. The molecule has 4 nitrogen and oxygen atoms in total. The van der Waals surface area contributed by atoms with Crippen LogP contribution in [0.5, 0.6) is 0 Å². The molecule has 1 heterocycles. The van der Waals surface area contributed by atoms with Crippen LogP contribution in [-0.2, 0) is 0 Å². The van der Waals surface area contributed by atoms with Gasteiger partial charge in [0, 0.05) is 16.8 Å². The molecule has 3 aromatic rings. The Morgan fingerprint density at radius 1 is 1.00 bits per heavy atom. The molecule has 0 spiro atoms. The smallest absolute Gasteiger partial charge is 0.175 e. The summed E-state index contributed by atoms with van der Waals surface area (Å²) in [5, 5.41) is 14.8.